The van der Waals surface area contributed by atoms with Crippen LogP contribution in [0.25, 0.3) is 11.3 Å². The van der Waals surface area contributed by atoms with E-state index in [1.165, 1.54) is 18.3 Å². The van der Waals surface area contributed by atoms with Gasteiger partial charge in [-0.25, -0.2) is 0 Å². The second-order valence-electron chi connectivity index (χ2n) is 8.85. The molecule has 4 aliphatic rings. The quantitative estimate of drug-likeness (QED) is 0.361. The summed E-state index contributed by atoms with van der Waals surface area (Å²) in [4.78, 5) is 25.9. The Hall–Kier alpha value is -2.87. The predicted octanol–water partition coefficient (Wildman–Crippen LogP) is 5.15. The number of allylic oxidation sites excluding steroid dienone is 2. The zero-order chi connectivity index (χ0) is 22.4. The van der Waals surface area contributed by atoms with Gasteiger partial charge in [0.05, 0.1) is 28.6 Å². The van der Waals surface area contributed by atoms with Crippen LogP contribution in [0.1, 0.15) is 24.2 Å². The molecule has 1 saturated heterocycles. The number of hydrogen-bond acceptors (Lipinski definition) is 4. The molecule has 1 aromatic heterocycles. The smallest absolute Gasteiger partial charge is 0.416 e. The monoisotopic (exact) mass is 460 g/mol. The van der Waals surface area contributed by atoms with Gasteiger partial charge in [0.1, 0.15) is 11.5 Å². The number of carbonyl (C=O) groups is 2. The van der Waals surface area contributed by atoms with E-state index in [-0.39, 0.29) is 63.0 Å². The van der Waals surface area contributed by atoms with Crippen LogP contribution in [-0.2, 0) is 15.8 Å². The van der Waals surface area contributed by atoms with Gasteiger partial charge < -0.3 is 4.42 Å². The lowest BCUT2D eigenvalue weighted by Crippen LogP contribution is -2.30. The van der Waals surface area contributed by atoms with Crippen LogP contribution in [0.3, 0.4) is 0 Å². The molecule has 2 bridgehead atoms. The minimum atomic E-state index is -4.52. The van der Waals surface area contributed by atoms with E-state index in [2.05, 4.69) is 17.3 Å². The van der Waals surface area contributed by atoms with Crippen LogP contribution in [0.5, 0.6) is 0 Å². The maximum atomic E-state index is 13.0. The zero-order valence-electron chi connectivity index (χ0n) is 16.5. The third-order valence-corrected chi connectivity index (χ3v) is 7.65. The number of amides is 2. The van der Waals surface area contributed by atoms with Crippen LogP contribution < -0.4 is 0 Å². The fraction of sp³-hybridized carbons (Fsp3) is 0.348. The molecule has 0 N–H and O–H groups in total. The van der Waals surface area contributed by atoms with Crippen molar-refractivity contribution in [3.8, 4) is 11.3 Å². The Bertz CT molecular complexity index is 1190. The van der Waals surface area contributed by atoms with Crippen molar-refractivity contribution < 1.29 is 27.2 Å². The van der Waals surface area contributed by atoms with Crippen LogP contribution in [-0.4, -0.2) is 23.0 Å². The second-order valence-corrected chi connectivity index (χ2v) is 9.26. The minimum absolute atomic E-state index is 0.0846. The summed E-state index contributed by atoms with van der Waals surface area (Å²) in [6.07, 6.45) is 2.98. The standard InChI is InChI=1S/C23H16ClF3N2O3/c24-16-5-1-11(23(25,26)27)9-13(16)17-6-2-12(32-17)10-28-29-20(30)18-14-3-4-15(19(18)21(29)31)22(14)7-8-22/h1-6,9-10,14-15,18-19H,7-8H2/b28-10-/t14-,15-,18-,19-/m0/s1. The van der Waals surface area contributed by atoms with Gasteiger partial charge >= 0.3 is 6.18 Å². The number of carbonyl (C=O) groups excluding carboxylic acids is 2. The molecule has 1 aromatic carbocycles. The molecule has 4 atom stereocenters. The highest BCUT2D eigenvalue weighted by Gasteiger charge is 2.73. The maximum Gasteiger partial charge on any atom is 0.416 e. The Morgan fingerprint density at radius 1 is 1.06 bits per heavy atom. The van der Waals surface area contributed by atoms with E-state index in [1.54, 1.807) is 0 Å². The third kappa shape index (κ3) is 2.62. The van der Waals surface area contributed by atoms with Crippen molar-refractivity contribution >= 4 is 29.6 Å². The molecular formula is C23H16ClF3N2O3. The maximum absolute atomic E-state index is 13.0. The lowest BCUT2D eigenvalue weighted by atomic mass is 9.85. The zero-order valence-corrected chi connectivity index (χ0v) is 17.2. The lowest BCUT2D eigenvalue weighted by Gasteiger charge is -2.18. The summed E-state index contributed by atoms with van der Waals surface area (Å²) in [6, 6.07) is 5.92. The molecule has 5 nitrogen and oxygen atoms in total. The number of fused-ring (bicyclic) bond motifs is 3. The topological polar surface area (TPSA) is 62.9 Å². The molecular weight excluding hydrogens is 445 g/mol. The third-order valence-electron chi connectivity index (χ3n) is 7.32. The van der Waals surface area contributed by atoms with E-state index >= 15 is 0 Å². The van der Waals surface area contributed by atoms with Gasteiger partial charge in [0.25, 0.3) is 11.8 Å². The van der Waals surface area contributed by atoms with Crippen LogP contribution in [0.2, 0.25) is 5.02 Å². The van der Waals surface area contributed by atoms with E-state index in [4.69, 9.17) is 16.0 Å². The molecule has 164 valence electrons. The Kier molecular flexibility index (Phi) is 3.92. The van der Waals surface area contributed by atoms with Crippen molar-refractivity contribution in [2.24, 2.45) is 34.2 Å². The first-order valence-electron chi connectivity index (χ1n) is 10.3. The van der Waals surface area contributed by atoms with Gasteiger partial charge in [0.2, 0.25) is 0 Å². The predicted molar refractivity (Wildman–Crippen MR) is 108 cm³/mol. The number of nitrogens with zero attached hydrogens (tertiary/aromatic N) is 2. The molecule has 1 spiro atoms. The first-order valence-corrected chi connectivity index (χ1v) is 10.7. The number of furan rings is 1. The summed E-state index contributed by atoms with van der Waals surface area (Å²) in [6.45, 7) is 0. The van der Waals surface area contributed by atoms with E-state index in [0.717, 1.165) is 36.0 Å². The number of rotatable bonds is 3. The number of hydrazone groups is 1. The van der Waals surface area contributed by atoms with Gasteiger partial charge in [-0.1, -0.05) is 23.8 Å². The summed E-state index contributed by atoms with van der Waals surface area (Å²) in [7, 11) is 0. The summed E-state index contributed by atoms with van der Waals surface area (Å²) in [5.41, 5.74) is -0.655. The molecule has 2 amide bonds. The summed E-state index contributed by atoms with van der Waals surface area (Å²) in [5, 5.41) is 5.08. The Morgan fingerprint density at radius 2 is 1.72 bits per heavy atom. The van der Waals surface area contributed by atoms with Gasteiger partial charge in [-0.2, -0.15) is 23.3 Å². The van der Waals surface area contributed by atoms with Gasteiger partial charge in [0.15, 0.2) is 0 Å². The average Bonchev–Trinajstić information content (AvgIpc) is 3.03. The molecule has 1 aliphatic heterocycles. The summed E-state index contributed by atoms with van der Waals surface area (Å²) in [5.74, 6) is -0.789. The Morgan fingerprint density at radius 3 is 2.31 bits per heavy atom. The highest BCUT2D eigenvalue weighted by molar-refractivity contribution is 6.33. The largest absolute Gasteiger partial charge is 0.455 e. The molecule has 2 aromatic rings. The highest BCUT2D eigenvalue weighted by atomic mass is 35.5. The van der Waals surface area contributed by atoms with Crippen molar-refractivity contribution in [3.05, 3.63) is 58.8 Å². The van der Waals surface area contributed by atoms with Crippen LogP contribution in [0.15, 0.2) is 52.0 Å². The van der Waals surface area contributed by atoms with E-state index < -0.39 is 11.7 Å². The molecule has 2 saturated carbocycles. The van der Waals surface area contributed by atoms with E-state index in [0.29, 0.717) is 0 Å². The summed E-state index contributed by atoms with van der Waals surface area (Å²) < 4.78 is 44.7. The van der Waals surface area contributed by atoms with Gasteiger partial charge in [-0.15, -0.1) is 0 Å². The molecule has 2 heterocycles. The van der Waals surface area contributed by atoms with Gasteiger partial charge in [0, 0.05) is 5.56 Å². The first kappa shape index (κ1) is 19.8. The minimum Gasteiger partial charge on any atom is -0.455 e. The number of imide groups is 1. The molecule has 6 rings (SSSR count). The van der Waals surface area contributed by atoms with Crippen molar-refractivity contribution in [2.75, 3.05) is 0 Å². The molecule has 0 radical (unpaired) electrons. The van der Waals surface area contributed by atoms with Crippen molar-refractivity contribution in [3.63, 3.8) is 0 Å². The number of alkyl halides is 3. The van der Waals surface area contributed by atoms with Crippen LogP contribution in [0.4, 0.5) is 13.2 Å². The highest BCUT2D eigenvalue weighted by Crippen LogP contribution is 2.73. The fourth-order valence-electron chi connectivity index (χ4n) is 5.75. The molecule has 9 heteroatoms. The molecule has 0 unspecified atom stereocenters. The normalized spacial score (nSPS) is 29.7. The Balaban J connectivity index is 1.24. The van der Waals surface area contributed by atoms with Crippen molar-refractivity contribution in [1.82, 2.24) is 5.01 Å². The molecule has 3 aliphatic carbocycles. The van der Waals surface area contributed by atoms with Crippen molar-refractivity contribution in [2.45, 2.75) is 19.0 Å². The first-order chi connectivity index (χ1) is 15.2. The van der Waals surface area contributed by atoms with Gasteiger partial charge in [-0.3, -0.25) is 9.59 Å². The molecule has 32 heavy (non-hydrogen) atoms. The van der Waals surface area contributed by atoms with E-state index in [1.807, 2.05) is 0 Å². The van der Waals surface area contributed by atoms with E-state index in [9.17, 15) is 22.8 Å². The fourth-order valence-corrected chi connectivity index (χ4v) is 5.96. The molecule has 3 fully saturated rings. The van der Waals surface area contributed by atoms with Crippen molar-refractivity contribution in [1.29, 1.82) is 0 Å². The number of halogens is 4. The van der Waals surface area contributed by atoms with Crippen LogP contribution in [0, 0.1) is 29.1 Å². The SMILES string of the molecule is O=C1[C@@H]2[C@@H](C(=O)N1/N=C\c1ccc(-c3cc(C(F)(F)F)ccc3Cl)o1)[C@@H]1C=C[C@@H]2C12CC2. The average molecular weight is 461 g/mol. The van der Waals surface area contributed by atoms with Gasteiger partial charge in [-0.05, 0) is 60.4 Å². The van der Waals surface area contributed by atoms with Crippen LogP contribution >= 0.6 is 11.6 Å². The summed E-state index contributed by atoms with van der Waals surface area (Å²) >= 11 is 6.06. The Labute approximate surface area is 185 Å². The lowest BCUT2D eigenvalue weighted by molar-refractivity contribution is -0.141. The number of benzene rings is 1. The number of hydrogen-bond donors (Lipinski definition) is 0. The second kappa shape index (κ2) is 6.34.